The van der Waals surface area contributed by atoms with E-state index in [4.69, 9.17) is 11.6 Å². The maximum atomic E-state index is 12.8. The van der Waals surface area contributed by atoms with Crippen LogP contribution < -0.4 is 10.9 Å². The molecule has 0 spiro atoms. The average molecular weight is 333 g/mol. The van der Waals surface area contributed by atoms with E-state index in [0.29, 0.717) is 17.4 Å². The fourth-order valence-corrected chi connectivity index (χ4v) is 6.02. The monoisotopic (exact) mass is 332 g/mol. The van der Waals surface area contributed by atoms with Gasteiger partial charge in [0.15, 0.2) is 0 Å². The molecule has 122 valence electrons. The number of nitrogens with one attached hydrogen (secondary N) is 2. The zero-order valence-electron chi connectivity index (χ0n) is 13.0. The lowest BCUT2D eigenvalue weighted by atomic mass is 9.49. The van der Waals surface area contributed by atoms with Crippen molar-refractivity contribution < 1.29 is 9.59 Å². The first kappa shape index (κ1) is 15.0. The van der Waals surface area contributed by atoms with Gasteiger partial charge in [-0.15, -0.1) is 11.6 Å². The summed E-state index contributed by atoms with van der Waals surface area (Å²) >= 11 is 6.76. The van der Waals surface area contributed by atoms with Gasteiger partial charge in [-0.3, -0.25) is 20.4 Å². The van der Waals surface area contributed by atoms with Crippen LogP contribution in [0, 0.1) is 17.3 Å². The minimum atomic E-state index is -0.393. The van der Waals surface area contributed by atoms with Crippen LogP contribution in [0.2, 0.25) is 0 Å². The molecule has 0 aromatic heterocycles. The first-order chi connectivity index (χ1) is 11.0. The van der Waals surface area contributed by atoms with E-state index in [1.54, 1.807) is 24.3 Å². The molecule has 0 unspecified atom stereocenters. The van der Waals surface area contributed by atoms with Crippen molar-refractivity contribution in [2.24, 2.45) is 17.3 Å². The third-order valence-corrected chi connectivity index (χ3v) is 6.24. The Labute approximate surface area is 140 Å². The Balaban J connectivity index is 1.44. The second-order valence-corrected chi connectivity index (χ2v) is 8.47. The molecule has 1 aromatic carbocycles. The number of carbonyl (C=O) groups is 2. The summed E-state index contributed by atoms with van der Waals surface area (Å²) in [5.41, 5.74) is 5.35. The molecule has 4 nitrogen and oxygen atoms in total. The van der Waals surface area contributed by atoms with Crippen LogP contribution in [0.1, 0.15) is 48.9 Å². The van der Waals surface area contributed by atoms with Gasteiger partial charge >= 0.3 is 0 Å². The average Bonchev–Trinajstić information content (AvgIpc) is 2.50. The molecule has 2 amide bonds. The van der Waals surface area contributed by atoms with E-state index in [1.165, 1.54) is 6.42 Å². The summed E-state index contributed by atoms with van der Waals surface area (Å²) in [6.07, 6.45) is 5.84. The van der Waals surface area contributed by atoms with Gasteiger partial charge in [-0.05, 0) is 62.5 Å². The van der Waals surface area contributed by atoms with Gasteiger partial charge in [0.05, 0.1) is 5.41 Å². The maximum Gasteiger partial charge on any atom is 0.269 e. The summed E-state index contributed by atoms with van der Waals surface area (Å²) in [6.45, 7) is 0. The Morgan fingerprint density at radius 2 is 1.65 bits per heavy atom. The molecular formula is C18H21ClN2O2. The standard InChI is InChI=1S/C18H21ClN2O2/c19-18-9-12-6-13(10-18)8-17(7-12,11-18)16(23)21-20-15(22)14-4-2-1-3-5-14/h1-5,12-13H,6-11H2,(H,20,22)(H,21,23)/t12-,13-,17?,18?/m1/s1. The number of hydrogen-bond acceptors (Lipinski definition) is 2. The van der Waals surface area contributed by atoms with Crippen molar-refractivity contribution in [1.82, 2.24) is 10.9 Å². The summed E-state index contributed by atoms with van der Waals surface area (Å²) in [6, 6.07) is 8.89. The number of carbonyl (C=O) groups excluding carboxylic acids is 2. The van der Waals surface area contributed by atoms with E-state index in [1.807, 2.05) is 6.07 Å². The molecule has 5 rings (SSSR count). The molecular weight excluding hydrogens is 312 g/mol. The lowest BCUT2D eigenvalue weighted by Crippen LogP contribution is -2.60. The van der Waals surface area contributed by atoms with Crippen LogP contribution in [0.4, 0.5) is 0 Å². The quantitative estimate of drug-likeness (QED) is 0.646. The third kappa shape index (κ3) is 2.63. The fourth-order valence-electron chi connectivity index (χ4n) is 5.32. The highest BCUT2D eigenvalue weighted by atomic mass is 35.5. The van der Waals surface area contributed by atoms with Gasteiger partial charge < -0.3 is 0 Å². The second kappa shape index (κ2) is 5.23. The van der Waals surface area contributed by atoms with Crippen molar-refractivity contribution in [1.29, 1.82) is 0 Å². The summed E-state index contributed by atoms with van der Waals surface area (Å²) in [5.74, 6) is 0.763. The molecule has 2 atom stereocenters. The molecule has 4 aliphatic carbocycles. The molecule has 2 N–H and O–H groups in total. The molecule has 4 fully saturated rings. The van der Waals surface area contributed by atoms with Crippen molar-refractivity contribution in [2.45, 2.75) is 43.4 Å². The highest BCUT2D eigenvalue weighted by Crippen LogP contribution is 2.63. The second-order valence-electron chi connectivity index (χ2n) is 7.67. The van der Waals surface area contributed by atoms with Crippen LogP contribution in [0.5, 0.6) is 0 Å². The summed E-state index contributed by atoms with van der Waals surface area (Å²) in [7, 11) is 0. The molecule has 4 saturated carbocycles. The molecule has 0 saturated heterocycles. The molecule has 4 aliphatic rings. The predicted octanol–water partition coefficient (Wildman–Crippen LogP) is 3.03. The minimum absolute atomic E-state index is 0.0686. The van der Waals surface area contributed by atoms with Crippen molar-refractivity contribution in [3.8, 4) is 0 Å². The number of halogens is 1. The SMILES string of the molecule is O=C(NNC(=O)C12C[C@H]3C[C@@H](CC(Cl)(C3)C1)C2)c1ccccc1. The van der Waals surface area contributed by atoms with E-state index < -0.39 is 5.41 Å². The highest BCUT2D eigenvalue weighted by molar-refractivity contribution is 6.24. The Morgan fingerprint density at radius 1 is 1.00 bits per heavy atom. The number of hydrazine groups is 1. The maximum absolute atomic E-state index is 12.8. The van der Waals surface area contributed by atoms with Gasteiger partial charge in [-0.25, -0.2) is 0 Å². The predicted molar refractivity (Wildman–Crippen MR) is 87.7 cm³/mol. The molecule has 23 heavy (non-hydrogen) atoms. The van der Waals surface area contributed by atoms with E-state index in [0.717, 1.165) is 32.1 Å². The van der Waals surface area contributed by atoms with Crippen molar-refractivity contribution >= 4 is 23.4 Å². The molecule has 1 aromatic rings. The van der Waals surface area contributed by atoms with Gasteiger partial charge in [-0.1, -0.05) is 18.2 Å². The van der Waals surface area contributed by atoms with Gasteiger partial charge in [-0.2, -0.15) is 0 Å². The Bertz CT molecular complexity index is 632. The van der Waals surface area contributed by atoms with E-state index in [9.17, 15) is 9.59 Å². The number of benzene rings is 1. The lowest BCUT2D eigenvalue weighted by Gasteiger charge is -2.59. The summed E-state index contributed by atoms with van der Waals surface area (Å²) < 4.78 is 0. The molecule has 0 aliphatic heterocycles. The van der Waals surface area contributed by atoms with Gasteiger partial charge in [0.1, 0.15) is 0 Å². The molecule has 4 bridgehead atoms. The largest absolute Gasteiger partial charge is 0.273 e. The van der Waals surface area contributed by atoms with Crippen LogP contribution in [0.25, 0.3) is 0 Å². The normalized spacial score (nSPS) is 37.4. The topological polar surface area (TPSA) is 58.2 Å². The zero-order valence-corrected chi connectivity index (χ0v) is 13.7. The van der Waals surface area contributed by atoms with Crippen LogP contribution >= 0.6 is 11.6 Å². The third-order valence-electron chi connectivity index (χ3n) is 5.80. The Kier molecular flexibility index (Phi) is 3.41. The number of amides is 2. The highest BCUT2D eigenvalue weighted by Gasteiger charge is 2.60. The number of hydrogen-bond donors (Lipinski definition) is 2. The zero-order chi connectivity index (χ0) is 16.1. The van der Waals surface area contributed by atoms with Crippen molar-refractivity contribution in [3.63, 3.8) is 0 Å². The Hall–Kier alpha value is -1.55. The van der Waals surface area contributed by atoms with Gasteiger partial charge in [0, 0.05) is 10.4 Å². The van der Waals surface area contributed by atoms with Crippen LogP contribution in [0.3, 0.4) is 0 Å². The van der Waals surface area contributed by atoms with Crippen molar-refractivity contribution in [3.05, 3.63) is 35.9 Å². The fraction of sp³-hybridized carbons (Fsp3) is 0.556. The molecule has 0 heterocycles. The van der Waals surface area contributed by atoms with E-state index in [-0.39, 0.29) is 16.7 Å². The van der Waals surface area contributed by atoms with E-state index in [2.05, 4.69) is 10.9 Å². The lowest BCUT2D eigenvalue weighted by molar-refractivity contribution is -0.145. The number of rotatable bonds is 2. The van der Waals surface area contributed by atoms with Crippen molar-refractivity contribution in [2.75, 3.05) is 0 Å². The first-order valence-electron chi connectivity index (χ1n) is 8.33. The minimum Gasteiger partial charge on any atom is -0.273 e. The van der Waals surface area contributed by atoms with Crippen LogP contribution in [-0.4, -0.2) is 16.7 Å². The molecule has 0 radical (unpaired) electrons. The summed E-state index contributed by atoms with van der Waals surface area (Å²) in [4.78, 5) is 24.7. The summed E-state index contributed by atoms with van der Waals surface area (Å²) in [5, 5.41) is 0. The number of alkyl halides is 1. The van der Waals surface area contributed by atoms with E-state index >= 15 is 0 Å². The van der Waals surface area contributed by atoms with Crippen LogP contribution in [0.15, 0.2) is 30.3 Å². The van der Waals surface area contributed by atoms with Crippen LogP contribution in [-0.2, 0) is 4.79 Å². The smallest absolute Gasteiger partial charge is 0.269 e. The Morgan fingerprint density at radius 3 is 2.26 bits per heavy atom. The van der Waals surface area contributed by atoms with Gasteiger partial charge in [0.25, 0.3) is 5.91 Å². The first-order valence-corrected chi connectivity index (χ1v) is 8.71. The molecule has 5 heteroatoms. The van der Waals surface area contributed by atoms with Gasteiger partial charge in [0.2, 0.25) is 5.91 Å².